The number of nitrogens with one attached hydrogen (secondary N) is 2. The largest absolute Gasteiger partial charge is 0.497 e. The third-order valence-corrected chi connectivity index (χ3v) is 7.19. The van der Waals surface area contributed by atoms with Crippen LogP contribution >= 0.6 is 0 Å². The first-order valence-corrected chi connectivity index (χ1v) is 13.3. The summed E-state index contributed by atoms with van der Waals surface area (Å²) in [6.45, 7) is 0.231. The predicted molar refractivity (Wildman–Crippen MR) is 148 cm³/mol. The molecule has 3 aromatic carbocycles. The smallest absolute Gasteiger partial charge is 0.416 e. The van der Waals surface area contributed by atoms with Crippen LogP contribution in [0.5, 0.6) is 5.75 Å². The number of rotatable bonds is 10. The SMILES string of the molecule is COc1ccc(CNC(=O)CCC(Cc2c[nH]c3ccccc23)N(C)C(=O)c2cc(C(F)(F)F)cc(C(F)(F)F)c2)cc1. The van der Waals surface area contributed by atoms with Gasteiger partial charge in [0.15, 0.2) is 0 Å². The molecule has 2 amide bonds. The van der Waals surface area contributed by atoms with Crippen LogP contribution in [0.1, 0.15) is 45.5 Å². The van der Waals surface area contributed by atoms with Crippen LogP contribution in [0, 0.1) is 0 Å². The molecule has 228 valence electrons. The number of fused-ring (bicyclic) bond motifs is 1. The molecule has 0 bridgehead atoms. The van der Waals surface area contributed by atoms with E-state index in [0.29, 0.717) is 17.9 Å². The standard InChI is InChI=1S/C31H29F6N3O3/c1-40(29(42)20-13-22(30(32,33)34)16-23(14-20)31(35,36)37)24(15-21-18-38-27-6-4-3-5-26(21)27)9-12-28(41)39-17-19-7-10-25(43-2)11-8-19/h3-8,10-11,13-14,16,18,24,38H,9,12,15,17H2,1-2H3,(H,39,41). The minimum Gasteiger partial charge on any atom is -0.497 e. The van der Waals surface area contributed by atoms with Crippen LogP contribution in [-0.4, -0.2) is 41.9 Å². The van der Waals surface area contributed by atoms with Crippen LogP contribution in [0.15, 0.2) is 72.9 Å². The molecular weight excluding hydrogens is 576 g/mol. The van der Waals surface area contributed by atoms with E-state index in [1.807, 2.05) is 24.3 Å². The second-order valence-electron chi connectivity index (χ2n) is 10.1. The number of alkyl halides is 6. The van der Waals surface area contributed by atoms with Crippen molar-refractivity contribution < 1.29 is 40.7 Å². The van der Waals surface area contributed by atoms with Gasteiger partial charge in [-0.1, -0.05) is 30.3 Å². The summed E-state index contributed by atoms with van der Waals surface area (Å²) in [7, 11) is 2.85. The Morgan fingerprint density at radius 1 is 0.930 bits per heavy atom. The number of methoxy groups -OCH3 is 1. The Morgan fingerprint density at radius 3 is 2.16 bits per heavy atom. The molecule has 43 heavy (non-hydrogen) atoms. The Hall–Kier alpha value is -4.48. The van der Waals surface area contributed by atoms with Crippen LogP contribution in [0.25, 0.3) is 10.9 Å². The number of ether oxygens (including phenoxy) is 1. The maximum absolute atomic E-state index is 13.5. The summed E-state index contributed by atoms with van der Waals surface area (Å²) >= 11 is 0. The third kappa shape index (κ3) is 7.88. The molecule has 12 heteroatoms. The molecule has 1 unspecified atom stereocenters. The molecule has 6 nitrogen and oxygen atoms in total. The molecule has 1 aromatic heterocycles. The number of hydrogen-bond donors (Lipinski definition) is 2. The normalized spacial score (nSPS) is 12.7. The molecule has 1 heterocycles. The Balaban J connectivity index is 1.57. The quantitative estimate of drug-likeness (QED) is 0.191. The Bertz CT molecular complexity index is 1550. The molecule has 0 fully saturated rings. The summed E-state index contributed by atoms with van der Waals surface area (Å²) in [5, 5.41) is 3.63. The van der Waals surface area contributed by atoms with E-state index >= 15 is 0 Å². The zero-order chi connectivity index (χ0) is 31.4. The lowest BCUT2D eigenvalue weighted by Gasteiger charge is -2.29. The summed E-state index contributed by atoms with van der Waals surface area (Å²) in [5.41, 5.74) is -1.50. The van der Waals surface area contributed by atoms with Crippen molar-refractivity contribution >= 4 is 22.7 Å². The minimum absolute atomic E-state index is 0.0205. The topological polar surface area (TPSA) is 74.4 Å². The second kappa shape index (κ2) is 12.8. The molecule has 2 N–H and O–H groups in total. The van der Waals surface area contributed by atoms with E-state index in [1.54, 1.807) is 30.5 Å². The third-order valence-electron chi connectivity index (χ3n) is 7.19. The molecular formula is C31H29F6N3O3. The summed E-state index contributed by atoms with van der Waals surface area (Å²) in [4.78, 5) is 30.4. The lowest BCUT2D eigenvalue weighted by Crippen LogP contribution is -2.39. The highest BCUT2D eigenvalue weighted by Gasteiger charge is 2.38. The van der Waals surface area contributed by atoms with Gasteiger partial charge >= 0.3 is 12.4 Å². The van der Waals surface area contributed by atoms with Gasteiger partial charge < -0.3 is 19.9 Å². The molecule has 0 aliphatic carbocycles. The van der Waals surface area contributed by atoms with Gasteiger partial charge in [0, 0.05) is 48.7 Å². The predicted octanol–water partition coefficient (Wildman–Crippen LogP) is 6.99. The maximum atomic E-state index is 13.5. The Morgan fingerprint density at radius 2 is 1.56 bits per heavy atom. The van der Waals surface area contributed by atoms with Gasteiger partial charge in [0.1, 0.15) is 5.75 Å². The number of aromatic nitrogens is 1. The van der Waals surface area contributed by atoms with Crippen molar-refractivity contribution in [2.45, 2.75) is 44.2 Å². The zero-order valence-corrected chi connectivity index (χ0v) is 23.3. The number of aromatic amines is 1. The van der Waals surface area contributed by atoms with E-state index in [-0.39, 0.29) is 37.8 Å². The van der Waals surface area contributed by atoms with Crippen LogP contribution in [0.4, 0.5) is 26.3 Å². The van der Waals surface area contributed by atoms with Crippen molar-refractivity contribution in [1.29, 1.82) is 0 Å². The number of halogens is 6. The summed E-state index contributed by atoms with van der Waals surface area (Å²) in [6.07, 6.45) is -8.21. The number of carbonyl (C=O) groups excluding carboxylic acids is 2. The van der Waals surface area contributed by atoms with Gasteiger partial charge in [-0.15, -0.1) is 0 Å². The molecule has 4 aromatic rings. The number of carbonyl (C=O) groups is 2. The van der Waals surface area contributed by atoms with Crippen molar-refractivity contribution in [2.24, 2.45) is 0 Å². The first kappa shape index (κ1) is 31.5. The van der Waals surface area contributed by atoms with E-state index in [1.165, 1.54) is 14.2 Å². The van der Waals surface area contributed by atoms with E-state index in [9.17, 15) is 35.9 Å². The van der Waals surface area contributed by atoms with E-state index in [2.05, 4.69) is 10.3 Å². The average molecular weight is 606 g/mol. The fourth-order valence-electron chi connectivity index (χ4n) is 4.76. The Kier molecular flexibility index (Phi) is 9.37. The van der Waals surface area contributed by atoms with Gasteiger partial charge in [-0.05, 0) is 60.4 Å². The monoisotopic (exact) mass is 605 g/mol. The summed E-state index contributed by atoms with van der Waals surface area (Å²) < 4.78 is 85.9. The first-order chi connectivity index (χ1) is 20.3. The zero-order valence-electron chi connectivity index (χ0n) is 23.3. The minimum atomic E-state index is -5.10. The van der Waals surface area contributed by atoms with Crippen LogP contribution < -0.4 is 10.1 Å². The van der Waals surface area contributed by atoms with Crippen molar-refractivity contribution in [3.05, 3.63) is 101 Å². The average Bonchev–Trinajstić information content (AvgIpc) is 3.39. The Labute approximate surface area is 243 Å². The second-order valence-corrected chi connectivity index (χ2v) is 10.1. The van der Waals surface area contributed by atoms with Gasteiger partial charge in [0.25, 0.3) is 5.91 Å². The first-order valence-electron chi connectivity index (χ1n) is 13.3. The highest BCUT2D eigenvalue weighted by Crippen LogP contribution is 2.37. The number of hydrogen-bond acceptors (Lipinski definition) is 3. The molecule has 0 aliphatic heterocycles. The maximum Gasteiger partial charge on any atom is 0.416 e. The molecule has 0 spiro atoms. The number of benzene rings is 3. The van der Waals surface area contributed by atoms with Gasteiger partial charge in [-0.3, -0.25) is 9.59 Å². The van der Waals surface area contributed by atoms with Crippen molar-refractivity contribution in [3.63, 3.8) is 0 Å². The fourth-order valence-corrected chi connectivity index (χ4v) is 4.76. The number of para-hydroxylation sites is 1. The number of nitrogens with zero attached hydrogens (tertiary/aromatic N) is 1. The lowest BCUT2D eigenvalue weighted by molar-refractivity contribution is -0.143. The molecule has 1 atom stereocenters. The van der Waals surface area contributed by atoms with E-state index in [4.69, 9.17) is 4.74 Å². The molecule has 0 radical (unpaired) electrons. The highest BCUT2D eigenvalue weighted by atomic mass is 19.4. The van der Waals surface area contributed by atoms with Gasteiger partial charge in [-0.2, -0.15) is 26.3 Å². The van der Waals surface area contributed by atoms with Crippen LogP contribution in [0.3, 0.4) is 0 Å². The van der Waals surface area contributed by atoms with E-state index < -0.39 is 41.0 Å². The van der Waals surface area contributed by atoms with Crippen LogP contribution in [-0.2, 0) is 30.1 Å². The summed E-state index contributed by atoms with van der Waals surface area (Å²) in [6, 6.07) is 14.5. The van der Waals surface area contributed by atoms with Gasteiger partial charge in [-0.25, -0.2) is 0 Å². The van der Waals surface area contributed by atoms with E-state index in [0.717, 1.165) is 26.9 Å². The highest BCUT2D eigenvalue weighted by molar-refractivity contribution is 5.95. The van der Waals surface area contributed by atoms with Gasteiger partial charge in [0.2, 0.25) is 5.91 Å². The number of H-pyrrole nitrogens is 1. The lowest BCUT2D eigenvalue weighted by atomic mass is 9.98. The summed E-state index contributed by atoms with van der Waals surface area (Å²) in [5.74, 6) is -0.704. The van der Waals surface area contributed by atoms with Crippen molar-refractivity contribution in [3.8, 4) is 5.75 Å². The molecule has 4 rings (SSSR count). The molecule has 0 saturated carbocycles. The molecule has 0 saturated heterocycles. The fraction of sp³-hybridized carbons (Fsp3) is 0.290. The molecule has 0 aliphatic rings. The number of likely N-dealkylation sites (N-methyl/N-ethyl adjacent to an activating group) is 1. The van der Waals surface area contributed by atoms with Crippen molar-refractivity contribution in [1.82, 2.24) is 15.2 Å². The van der Waals surface area contributed by atoms with Gasteiger partial charge in [0.05, 0.1) is 18.2 Å². The van der Waals surface area contributed by atoms with Crippen LogP contribution in [0.2, 0.25) is 0 Å². The van der Waals surface area contributed by atoms with Crippen molar-refractivity contribution in [2.75, 3.05) is 14.2 Å². The number of amides is 2.